The molecule has 0 bridgehead atoms. The van der Waals surface area contributed by atoms with E-state index >= 15 is 0 Å². The molecule has 0 saturated carbocycles. The molecule has 6 heteroatoms. The molecule has 6 nitrogen and oxygen atoms in total. The smallest absolute Gasteiger partial charge is 0.332 e. The van der Waals surface area contributed by atoms with Crippen molar-refractivity contribution < 1.29 is 25.2 Å². The lowest BCUT2D eigenvalue weighted by Crippen LogP contribution is -2.46. The molecule has 0 aromatic rings. The molecule has 1 unspecified atom stereocenters. The Bertz CT molecular complexity index is 148. The van der Waals surface area contributed by atoms with Crippen LogP contribution in [0, 0.1) is 0 Å². The van der Waals surface area contributed by atoms with Crippen molar-refractivity contribution in [3.05, 3.63) is 0 Å². The number of carbonyl (C=O) groups is 1. The molecule has 0 aromatic carbocycles. The molecule has 0 heterocycles. The van der Waals surface area contributed by atoms with Crippen LogP contribution < -0.4 is 5.73 Å². The van der Waals surface area contributed by atoms with Gasteiger partial charge in [-0.3, -0.25) is 0 Å². The lowest BCUT2D eigenvalue weighted by Gasteiger charge is -2.21. The third kappa shape index (κ3) is 7.93. The fourth-order valence-electron chi connectivity index (χ4n) is 0.274. The summed E-state index contributed by atoms with van der Waals surface area (Å²) in [6.45, 7) is 2.72. The van der Waals surface area contributed by atoms with Crippen LogP contribution in [0.2, 0.25) is 0 Å². The molecule has 6 N–H and O–H groups in total. The minimum Gasteiger partial charge on any atom is -0.479 e. The van der Waals surface area contributed by atoms with Crippen molar-refractivity contribution >= 4 is 5.97 Å². The summed E-state index contributed by atoms with van der Waals surface area (Å²) in [7, 11) is 0. The van der Waals surface area contributed by atoms with Crippen LogP contribution >= 0.6 is 0 Å². The standard InChI is InChI=1S/C5H13NO2.C3H6O3/c1-2-5(6,3-7)4-8;1-2(4)3(5)6/h7-8H,2-4,6H2,1H3;2,4H,1H3,(H,5,6). The van der Waals surface area contributed by atoms with Gasteiger partial charge in [-0.25, -0.2) is 4.79 Å². The molecule has 0 rings (SSSR count). The molecule has 86 valence electrons. The Balaban J connectivity index is 0. The Morgan fingerprint density at radius 2 is 1.71 bits per heavy atom. The van der Waals surface area contributed by atoms with Gasteiger partial charge in [-0.15, -0.1) is 0 Å². The topological polar surface area (TPSA) is 124 Å². The van der Waals surface area contributed by atoms with Gasteiger partial charge in [0.25, 0.3) is 0 Å². The average Bonchev–Trinajstić information content (AvgIpc) is 2.17. The van der Waals surface area contributed by atoms with Crippen molar-refractivity contribution in [3.8, 4) is 0 Å². The third-order valence-electron chi connectivity index (χ3n) is 1.69. The second-order valence-corrected chi connectivity index (χ2v) is 3.05. The van der Waals surface area contributed by atoms with Gasteiger partial charge in [-0.1, -0.05) is 6.92 Å². The van der Waals surface area contributed by atoms with E-state index in [0.29, 0.717) is 6.42 Å². The summed E-state index contributed by atoms with van der Waals surface area (Å²) in [6.07, 6.45) is -0.634. The van der Waals surface area contributed by atoms with Crippen LogP contribution in [0.5, 0.6) is 0 Å². The first kappa shape index (κ1) is 15.8. The summed E-state index contributed by atoms with van der Waals surface area (Å²) in [5.41, 5.74) is 4.63. The molecule has 0 radical (unpaired) electrons. The minimum atomic E-state index is -1.23. The van der Waals surface area contributed by atoms with E-state index in [9.17, 15) is 4.79 Å². The van der Waals surface area contributed by atoms with Gasteiger partial charge in [0.15, 0.2) is 0 Å². The van der Waals surface area contributed by atoms with Crippen LogP contribution in [0.3, 0.4) is 0 Å². The highest BCUT2D eigenvalue weighted by molar-refractivity contribution is 5.71. The molecule has 0 fully saturated rings. The highest BCUT2D eigenvalue weighted by Crippen LogP contribution is 2.01. The van der Waals surface area contributed by atoms with E-state index in [-0.39, 0.29) is 13.2 Å². The van der Waals surface area contributed by atoms with Crippen LogP contribution in [0.4, 0.5) is 0 Å². The number of rotatable bonds is 4. The second kappa shape index (κ2) is 7.69. The summed E-state index contributed by atoms with van der Waals surface area (Å²) in [4.78, 5) is 9.45. The predicted molar refractivity (Wildman–Crippen MR) is 50.7 cm³/mol. The summed E-state index contributed by atoms with van der Waals surface area (Å²) < 4.78 is 0. The molecular weight excluding hydrogens is 190 g/mol. The zero-order valence-electron chi connectivity index (χ0n) is 8.47. The van der Waals surface area contributed by atoms with Crippen LogP contribution in [-0.2, 0) is 4.79 Å². The minimum absolute atomic E-state index is 0.153. The molecule has 0 spiro atoms. The van der Waals surface area contributed by atoms with Crippen molar-refractivity contribution in [1.29, 1.82) is 0 Å². The van der Waals surface area contributed by atoms with Crippen molar-refractivity contribution in [2.24, 2.45) is 5.73 Å². The second-order valence-electron chi connectivity index (χ2n) is 3.05. The van der Waals surface area contributed by atoms with Crippen LogP contribution in [-0.4, -0.2) is 51.3 Å². The highest BCUT2D eigenvalue weighted by Gasteiger charge is 2.19. The number of aliphatic hydroxyl groups excluding tert-OH is 3. The zero-order chi connectivity index (χ0) is 11.8. The maximum Gasteiger partial charge on any atom is 0.332 e. The van der Waals surface area contributed by atoms with Gasteiger partial charge in [0, 0.05) is 0 Å². The molecule has 0 aliphatic heterocycles. The SMILES string of the molecule is CC(O)C(=O)O.CCC(N)(CO)CO. The molecule has 0 aliphatic rings. The first-order chi connectivity index (χ1) is 6.32. The normalized spacial score (nSPS) is 12.7. The van der Waals surface area contributed by atoms with Gasteiger partial charge < -0.3 is 26.2 Å². The number of nitrogens with two attached hydrogens (primary N) is 1. The van der Waals surface area contributed by atoms with Crippen LogP contribution in [0.1, 0.15) is 20.3 Å². The molecular formula is C8H19NO5. The van der Waals surface area contributed by atoms with E-state index < -0.39 is 17.6 Å². The van der Waals surface area contributed by atoms with Crippen LogP contribution in [0.15, 0.2) is 0 Å². The number of hydrogen-bond acceptors (Lipinski definition) is 5. The van der Waals surface area contributed by atoms with E-state index in [1.165, 1.54) is 6.92 Å². The van der Waals surface area contributed by atoms with E-state index in [1.54, 1.807) is 0 Å². The lowest BCUT2D eigenvalue weighted by atomic mass is 10.0. The molecule has 1 atom stereocenters. The van der Waals surface area contributed by atoms with Gasteiger partial charge >= 0.3 is 5.97 Å². The fourth-order valence-corrected chi connectivity index (χ4v) is 0.274. The molecule has 0 aromatic heterocycles. The molecule has 0 saturated heterocycles. The lowest BCUT2D eigenvalue weighted by molar-refractivity contribution is -0.145. The van der Waals surface area contributed by atoms with E-state index in [0.717, 1.165) is 0 Å². The number of carboxylic acids is 1. The molecule has 0 aliphatic carbocycles. The Morgan fingerprint density at radius 3 is 1.71 bits per heavy atom. The van der Waals surface area contributed by atoms with Crippen LogP contribution in [0.25, 0.3) is 0 Å². The average molecular weight is 209 g/mol. The maximum atomic E-state index is 9.45. The van der Waals surface area contributed by atoms with Gasteiger partial charge in [-0.2, -0.15) is 0 Å². The summed E-state index contributed by atoms with van der Waals surface area (Å²) in [5, 5.41) is 32.8. The quantitative estimate of drug-likeness (QED) is 0.385. The van der Waals surface area contributed by atoms with Crippen molar-refractivity contribution in [2.75, 3.05) is 13.2 Å². The third-order valence-corrected chi connectivity index (χ3v) is 1.69. The highest BCUT2D eigenvalue weighted by atomic mass is 16.4. The first-order valence-corrected chi connectivity index (χ1v) is 4.24. The Labute approximate surface area is 83.0 Å². The van der Waals surface area contributed by atoms with Crippen molar-refractivity contribution in [1.82, 2.24) is 0 Å². The van der Waals surface area contributed by atoms with E-state index in [1.807, 2.05) is 6.92 Å². The largest absolute Gasteiger partial charge is 0.479 e. The van der Waals surface area contributed by atoms with E-state index in [2.05, 4.69) is 0 Å². The van der Waals surface area contributed by atoms with Gasteiger partial charge in [0.1, 0.15) is 6.10 Å². The Morgan fingerprint density at radius 1 is 1.43 bits per heavy atom. The zero-order valence-corrected chi connectivity index (χ0v) is 8.47. The summed E-state index contributed by atoms with van der Waals surface area (Å²) in [6, 6.07) is 0. The number of carboxylic acid groups (broad SMARTS) is 1. The van der Waals surface area contributed by atoms with Crippen molar-refractivity contribution in [3.63, 3.8) is 0 Å². The number of aliphatic carboxylic acids is 1. The molecule has 0 amide bonds. The number of hydrogen-bond donors (Lipinski definition) is 5. The Hall–Kier alpha value is -0.690. The summed E-state index contributed by atoms with van der Waals surface area (Å²) in [5.74, 6) is -1.19. The van der Waals surface area contributed by atoms with E-state index in [4.69, 9.17) is 26.2 Å². The summed E-state index contributed by atoms with van der Waals surface area (Å²) >= 11 is 0. The Kier molecular flexibility index (Phi) is 8.66. The number of aliphatic hydroxyl groups is 3. The van der Waals surface area contributed by atoms with Gasteiger partial charge in [-0.05, 0) is 13.3 Å². The molecule has 14 heavy (non-hydrogen) atoms. The first-order valence-electron chi connectivity index (χ1n) is 4.24. The van der Waals surface area contributed by atoms with Gasteiger partial charge in [0.2, 0.25) is 0 Å². The predicted octanol–water partition coefficient (Wildman–Crippen LogP) is -1.47. The fraction of sp³-hybridized carbons (Fsp3) is 0.875. The maximum absolute atomic E-state index is 9.45. The van der Waals surface area contributed by atoms with Gasteiger partial charge in [0.05, 0.1) is 18.8 Å². The monoisotopic (exact) mass is 209 g/mol. The van der Waals surface area contributed by atoms with Crippen molar-refractivity contribution in [2.45, 2.75) is 31.9 Å².